The van der Waals surface area contributed by atoms with Crippen LogP contribution >= 0.6 is 0 Å². The maximum absolute atomic E-state index is 12.4. The smallest absolute Gasteiger partial charge is 0.338 e. The number of ether oxygens (including phenoxy) is 1. The molecule has 0 unspecified atom stereocenters. The molecule has 2 rings (SSSR count). The van der Waals surface area contributed by atoms with E-state index in [1.807, 2.05) is 26.0 Å². The number of benzene rings is 2. The number of nitrogens with zero attached hydrogens (tertiary/aromatic N) is 1. The molecular weight excluding hydrogens is 366 g/mol. The molecule has 0 aromatic heterocycles. The van der Waals surface area contributed by atoms with Crippen molar-refractivity contribution in [2.24, 2.45) is 0 Å². The molecule has 7 heteroatoms. The molecule has 0 aliphatic carbocycles. The van der Waals surface area contributed by atoms with Gasteiger partial charge in [-0.1, -0.05) is 23.8 Å². The van der Waals surface area contributed by atoms with E-state index in [-0.39, 0.29) is 16.2 Å². The summed E-state index contributed by atoms with van der Waals surface area (Å²) in [6.07, 6.45) is 0. The Morgan fingerprint density at radius 2 is 1.52 bits per heavy atom. The number of carbonyl (C=O) groups excluding carboxylic acids is 2. The molecule has 27 heavy (non-hydrogen) atoms. The molecule has 0 bridgehead atoms. The third-order valence-corrected chi connectivity index (χ3v) is 6.05. The number of ketones is 1. The molecule has 0 saturated carbocycles. The van der Waals surface area contributed by atoms with Crippen LogP contribution in [0.4, 0.5) is 0 Å². The van der Waals surface area contributed by atoms with E-state index in [1.165, 1.54) is 26.2 Å². The van der Waals surface area contributed by atoms with Gasteiger partial charge in [-0.2, -0.15) is 0 Å². The Kier molecular flexibility index (Phi) is 6.18. The summed E-state index contributed by atoms with van der Waals surface area (Å²) in [5.74, 6) is -1.04. The van der Waals surface area contributed by atoms with Crippen molar-refractivity contribution in [1.29, 1.82) is 0 Å². The van der Waals surface area contributed by atoms with Gasteiger partial charge in [0.15, 0.2) is 6.61 Å². The van der Waals surface area contributed by atoms with Crippen LogP contribution in [0.5, 0.6) is 0 Å². The van der Waals surface area contributed by atoms with Gasteiger partial charge in [0.1, 0.15) is 0 Å². The van der Waals surface area contributed by atoms with Crippen molar-refractivity contribution in [3.8, 4) is 0 Å². The Morgan fingerprint density at radius 3 is 2.15 bits per heavy atom. The SMILES string of the molecule is Cc1ccc(C)c(C(=O)COC(=O)c2cc(S(=O)(=O)N(C)C)ccc2C)c1. The van der Waals surface area contributed by atoms with Crippen LogP contribution in [0, 0.1) is 20.8 Å². The summed E-state index contributed by atoms with van der Waals surface area (Å²) < 4.78 is 30.7. The van der Waals surface area contributed by atoms with Crippen molar-refractivity contribution in [3.63, 3.8) is 0 Å². The van der Waals surface area contributed by atoms with Gasteiger partial charge in [-0.15, -0.1) is 0 Å². The van der Waals surface area contributed by atoms with Crippen LogP contribution in [0.3, 0.4) is 0 Å². The van der Waals surface area contributed by atoms with Crippen LogP contribution in [0.25, 0.3) is 0 Å². The Hall–Kier alpha value is -2.51. The number of Topliss-reactive ketones (excluding diaryl/α,β-unsaturated/α-hetero) is 1. The van der Waals surface area contributed by atoms with Gasteiger partial charge in [0.2, 0.25) is 15.8 Å². The zero-order chi connectivity index (χ0) is 20.4. The molecule has 0 saturated heterocycles. The van der Waals surface area contributed by atoms with Crippen molar-refractivity contribution >= 4 is 21.8 Å². The fraction of sp³-hybridized carbons (Fsp3) is 0.300. The molecule has 0 spiro atoms. The van der Waals surface area contributed by atoms with Gasteiger partial charge in [-0.05, 0) is 50.1 Å². The minimum Gasteiger partial charge on any atom is -0.454 e. The average molecular weight is 389 g/mol. The van der Waals surface area contributed by atoms with E-state index in [0.29, 0.717) is 11.1 Å². The van der Waals surface area contributed by atoms with Gasteiger partial charge in [-0.3, -0.25) is 4.79 Å². The van der Waals surface area contributed by atoms with Crippen molar-refractivity contribution < 1.29 is 22.7 Å². The lowest BCUT2D eigenvalue weighted by atomic mass is 10.0. The van der Waals surface area contributed by atoms with Crippen molar-refractivity contribution in [3.05, 3.63) is 64.2 Å². The van der Waals surface area contributed by atoms with Crippen LogP contribution in [-0.2, 0) is 14.8 Å². The molecule has 2 aromatic carbocycles. The number of carbonyl (C=O) groups is 2. The highest BCUT2D eigenvalue weighted by molar-refractivity contribution is 7.89. The first kappa shape index (κ1) is 20.8. The molecule has 0 atom stereocenters. The number of hydrogen-bond donors (Lipinski definition) is 0. The molecular formula is C20H23NO5S. The minimum absolute atomic E-state index is 0.00842. The lowest BCUT2D eigenvalue weighted by Crippen LogP contribution is -2.23. The Bertz CT molecular complexity index is 993. The fourth-order valence-electron chi connectivity index (χ4n) is 2.52. The second kappa shape index (κ2) is 8.02. The van der Waals surface area contributed by atoms with Crippen molar-refractivity contribution in [1.82, 2.24) is 4.31 Å². The summed E-state index contributed by atoms with van der Waals surface area (Å²) in [5, 5.41) is 0. The molecule has 0 aliphatic heterocycles. The first-order valence-corrected chi connectivity index (χ1v) is 9.79. The standard InChI is InChI=1S/C20H23NO5S/c1-13-6-7-14(2)17(10-13)19(22)12-26-20(23)18-11-16(9-8-15(18)3)27(24,25)21(4)5/h6-11H,12H2,1-5H3. The largest absolute Gasteiger partial charge is 0.454 e. The van der Waals surface area contributed by atoms with E-state index in [4.69, 9.17) is 4.74 Å². The van der Waals surface area contributed by atoms with Crippen LogP contribution < -0.4 is 0 Å². The summed E-state index contributed by atoms with van der Waals surface area (Å²) in [6, 6.07) is 9.74. The van der Waals surface area contributed by atoms with Gasteiger partial charge in [0, 0.05) is 19.7 Å². The molecule has 0 aliphatic rings. The Balaban J connectivity index is 2.21. The highest BCUT2D eigenvalue weighted by atomic mass is 32.2. The molecule has 0 amide bonds. The minimum atomic E-state index is -3.68. The zero-order valence-corrected chi connectivity index (χ0v) is 16.9. The van der Waals surface area contributed by atoms with Crippen molar-refractivity contribution in [2.45, 2.75) is 25.7 Å². The van der Waals surface area contributed by atoms with E-state index >= 15 is 0 Å². The van der Waals surface area contributed by atoms with Gasteiger partial charge in [0.25, 0.3) is 0 Å². The van der Waals surface area contributed by atoms with Gasteiger partial charge in [-0.25, -0.2) is 17.5 Å². The summed E-state index contributed by atoms with van der Waals surface area (Å²) in [7, 11) is -0.850. The normalized spacial score (nSPS) is 11.5. The second-order valence-corrected chi connectivity index (χ2v) is 8.73. The summed E-state index contributed by atoms with van der Waals surface area (Å²) in [6.45, 7) is 4.96. The van der Waals surface area contributed by atoms with Crippen LogP contribution in [-0.4, -0.2) is 45.2 Å². The van der Waals surface area contributed by atoms with E-state index in [1.54, 1.807) is 19.1 Å². The molecule has 0 radical (unpaired) electrons. The first-order chi connectivity index (χ1) is 12.5. The van der Waals surface area contributed by atoms with Crippen LogP contribution in [0.15, 0.2) is 41.3 Å². The molecule has 2 aromatic rings. The summed E-state index contributed by atoms with van der Waals surface area (Å²) in [4.78, 5) is 24.8. The van der Waals surface area contributed by atoms with E-state index in [0.717, 1.165) is 15.4 Å². The van der Waals surface area contributed by atoms with Crippen molar-refractivity contribution in [2.75, 3.05) is 20.7 Å². The Labute approximate surface area is 159 Å². The predicted molar refractivity (Wildman–Crippen MR) is 103 cm³/mol. The van der Waals surface area contributed by atoms with Crippen LogP contribution in [0.2, 0.25) is 0 Å². The molecule has 0 heterocycles. The lowest BCUT2D eigenvalue weighted by Gasteiger charge is -2.13. The highest BCUT2D eigenvalue weighted by Gasteiger charge is 2.21. The number of hydrogen-bond acceptors (Lipinski definition) is 5. The highest BCUT2D eigenvalue weighted by Crippen LogP contribution is 2.19. The lowest BCUT2D eigenvalue weighted by molar-refractivity contribution is 0.0473. The molecule has 0 fully saturated rings. The third kappa shape index (κ3) is 4.61. The van der Waals surface area contributed by atoms with Gasteiger partial charge in [0.05, 0.1) is 10.5 Å². The maximum Gasteiger partial charge on any atom is 0.338 e. The monoisotopic (exact) mass is 389 g/mol. The zero-order valence-electron chi connectivity index (χ0n) is 16.1. The van der Waals surface area contributed by atoms with Gasteiger partial charge < -0.3 is 4.74 Å². The fourth-order valence-corrected chi connectivity index (χ4v) is 3.44. The van der Waals surface area contributed by atoms with E-state index < -0.39 is 22.6 Å². The quantitative estimate of drug-likeness (QED) is 0.561. The van der Waals surface area contributed by atoms with E-state index in [9.17, 15) is 18.0 Å². The third-order valence-electron chi connectivity index (χ3n) is 4.24. The van der Waals surface area contributed by atoms with E-state index in [2.05, 4.69) is 0 Å². The topological polar surface area (TPSA) is 80.8 Å². The second-order valence-electron chi connectivity index (χ2n) is 6.58. The number of rotatable bonds is 6. The van der Waals surface area contributed by atoms with Gasteiger partial charge >= 0.3 is 5.97 Å². The number of sulfonamides is 1. The summed E-state index contributed by atoms with van der Waals surface area (Å²) >= 11 is 0. The maximum atomic E-state index is 12.4. The predicted octanol–water partition coefficient (Wildman–Crippen LogP) is 2.90. The van der Waals surface area contributed by atoms with Crippen LogP contribution in [0.1, 0.15) is 37.4 Å². The Morgan fingerprint density at radius 1 is 0.926 bits per heavy atom. The molecule has 144 valence electrons. The molecule has 6 nitrogen and oxygen atoms in total. The number of esters is 1. The number of aryl methyl sites for hydroxylation is 3. The molecule has 0 N–H and O–H groups in total. The summed E-state index contributed by atoms with van der Waals surface area (Å²) in [5.41, 5.74) is 2.93. The average Bonchev–Trinajstić information content (AvgIpc) is 2.61. The first-order valence-electron chi connectivity index (χ1n) is 8.35.